The number of hydrogen-bond acceptors (Lipinski definition) is 8. The molecule has 1 aromatic heterocycles. The molecule has 0 unspecified atom stereocenters. The van der Waals surface area contributed by atoms with Gasteiger partial charge in [0.05, 0.1) is 26.7 Å². The fraction of sp³-hybridized carbons (Fsp3) is 0.421. The van der Waals surface area contributed by atoms with E-state index >= 15 is 0 Å². The largest absolute Gasteiger partial charge is 0.493 e. The van der Waals surface area contributed by atoms with Gasteiger partial charge in [0, 0.05) is 31.9 Å². The van der Waals surface area contributed by atoms with Crippen LogP contribution >= 0.6 is 0 Å². The molecule has 0 radical (unpaired) electrons. The fourth-order valence-corrected chi connectivity index (χ4v) is 2.91. The number of ether oxygens (including phenoxy) is 3. The van der Waals surface area contributed by atoms with Crippen molar-refractivity contribution >= 4 is 16.8 Å². The molecule has 0 atom stereocenters. The lowest BCUT2D eigenvalue weighted by molar-refractivity contribution is 0.0946. The van der Waals surface area contributed by atoms with Crippen molar-refractivity contribution in [2.24, 2.45) is 10.2 Å². The minimum Gasteiger partial charge on any atom is -0.493 e. The molecule has 2 heterocycles. The topological polar surface area (TPSA) is 107 Å². The van der Waals surface area contributed by atoms with Crippen molar-refractivity contribution in [3.63, 3.8) is 0 Å². The molecule has 146 valence electrons. The number of fused-ring (bicyclic) bond motifs is 1. The van der Waals surface area contributed by atoms with Crippen molar-refractivity contribution in [1.82, 2.24) is 15.5 Å². The van der Waals surface area contributed by atoms with Gasteiger partial charge in [-0.25, -0.2) is 0 Å². The van der Waals surface area contributed by atoms with Crippen LogP contribution in [0.25, 0.3) is 10.9 Å². The Labute approximate surface area is 162 Å². The van der Waals surface area contributed by atoms with Crippen molar-refractivity contribution in [2.45, 2.75) is 24.9 Å². The van der Waals surface area contributed by atoms with E-state index in [1.165, 1.54) is 21.3 Å². The molecule has 0 fully saturated rings. The summed E-state index contributed by atoms with van der Waals surface area (Å²) >= 11 is 0. The average Bonchev–Trinajstić information content (AvgIpc) is 3.49. The van der Waals surface area contributed by atoms with Gasteiger partial charge in [0.25, 0.3) is 5.91 Å². The minimum absolute atomic E-state index is 0.167. The van der Waals surface area contributed by atoms with Crippen LogP contribution in [0.4, 0.5) is 0 Å². The first kappa shape index (κ1) is 19.4. The molecule has 1 N–H and O–H groups in total. The van der Waals surface area contributed by atoms with E-state index in [0.29, 0.717) is 54.0 Å². The molecule has 0 saturated heterocycles. The van der Waals surface area contributed by atoms with E-state index in [-0.39, 0.29) is 11.6 Å². The van der Waals surface area contributed by atoms with Gasteiger partial charge < -0.3 is 19.5 Å². The predicted molar refractivity (Wildman–Crippen MR) is 102 cm³/mol. The van der Waals surface area contributed by atoms with E-state index in [4.69, 9.17) is 20.6 Å². The maximum atomic E-state index is 12.5. The quantitative estimate of drug-likeness (QED) is 0.666. The van der Waals surface area contributed by atoms with Crippen LogP contribution in [0.2, 0.25) is 0 Å². The molecule has 0 bridgehead atoms. The van der Waals surface area contributed by atoms with Gasteiger partial charge in [0.1, 0.15) is 5.52 Å². The van der Waals surface area contributed by atoms with Crippen LogP contribution < -0.4 is 19.5 Å². The third kappa shape index (κ3) is 3.81. The lowest BCUT2D eigenvalue weighted by atomic mass is 10.0. The SMILES string of the molecule is C#CCCC1(CCNC(=O)c2cc3c(OC)c(OC)c(OC)cc3nn2)N=N1. The highest BCUT2D eigenvalue weighted by Gasteiger charge is 2.38. The van der Waals surface area contributed by atoms with Gasteiger partial charge in [-0.1, -0.05) is 0 Å². The van der Waals surface area contributed by atoms with E-state index in [1.807, 2.05) is 0 Å². The maximum absolute atomic E-state index is 12.5. The summed E-state index contributed by atoms with van der Waals surface area (Å²) in [6, 6.07) is 3.29. The molecule has 28 heavy (non-hydrogen) atoms. The van der Waals surface area contributed by atoms with Crippen LogP contribution in [0.1, 0.15) is 29.8 Å². The van der Waals surface area contributed by atoms with Crippen molar-refractivity contribution in [1.29, 1.82) is 0 Å². The molecule has 9 nitrogen and oxygen atoms in total. The number of hydrogen-bond donors (Lipinski definition) is 1. The van der Waals surface area contributed by atoms with Crippen LogP contribution in [0.5, 0.6) is 17.2 Å². The van der Waals surface area contributed by atoms with Crippen molar-refractivity contribution < 1.29 is 19.0 Å². The summed E-state index contributed by atoms with van der Waals surface area (Å²) in [6.07, 6.45) is 7.16. The molecule has 3 rings (SSSR count). The van der Waals surface area contributed by atoms with E-state index in [2.05, 4.69) is 31.7 Å². The average molecular weight is 383 g/mol. The van der Waals surface area contributed by atoms with E-state index in [9.17, 15) is 4.79 Å². The Hall–Kier alpha value is -3.41. The highest BCUT2D eigenvalue weighted by molar-refractivity contribution is 5.98. The Bertz CT molecular complexity index is 961. The molecular weight excluding hydrogens is 362 g/mol. The van der Waals surface area contributed by atoms with Crippen molar-refractivity contribution in [3.05, 3.63) is 17.8 Å². The zero-order valence-corrected chi connectivity index (χ0v) is 16.0. The summed E-state index contributed by atoms with van der Waals surface area (Å²) in [6.45, 7) is 0.402. The number of carbonyl (C=O) groups excluding carboxylic acids is 1. The summed E-state index contributed by atoms with van der Waals surface area (Å²) in [5.74, 6) is 3.54. The highest BCUT2D eigenvalue weighted by atomic mass is 16.5. The lowest BCUT2D eigenvalue weighted by Crippen LogP contribution is -2.29. The standard InChI is InChI=1S/C19H21N5O4/c1-5-6-7-19(23-24-19)8-9-20-18(25)14-10-12-13(21-22-14)11-15(26-2)17(28-4)16(12)27-3/h1,10-11H,6-9H2,2-4H3,(H,20,25). The van der Waals surface area contributed by atoms with Crippen molar-refractivity contribution in [2.75, 3.05) is 27.9 Å². The van der Waals surface area contributed by atoms with E-state index < -0.39 is 5.66 Å². The summed E-state index contributed by atoms with van der Waals surface area (Å²) in [5, 5.41) is 19.6. The molecule has 1 aliphatic heterocycles. The smallest absolute Gasteiger partial charge is 0.271 e. The molecule has 2 aromatic rings. The molecule has 9 heteroatoms. The zero-order valence-electron chi connectivity index (χ0n) is 16.0. The maximum Gasteiger partial charge on any atom is 0.271 e. The van der Waals surface area contributed by atoms with Crippen LogP contribution in [-0.2, 0) is 0 Å². The monoisotopic (exact) mass is 383 g/mol. The van der Waals surface area contributed by atoms with Crippen LogP contribution in [0.15, 0.2) is 22.4 Å². The number of terminal acetylenes is 1. The Kier molecular flexibility index (Phi) is 5.59. The number of methoxy groups -OCH3 is 3. The van der Waals surface area contributed by atoms with Crippen molar-refractivity contribution in [3.8, 4) is 29.6 Å². The van der Waals surface area contributed by atoms with Gasteiger partial charge in [0.2, 0.25) is 5.75 Å². The van der Waals surface area contributed by atoms with Crippen LogP contribution in [-0.4, -0.2) is 49.6 Å². The minimum atomic E-state index is -0.443. The molecule has 0 spiro atoms. The summed E-state index contributed by atoms with van der Waals surface area (Å²) in [5.41, 5.74) is 0.247. The third-order valence-corrected chi connectivity index (χ3v) is 4.49. The highest BCUT2D eigenvalue weighted by Crippen LogP contribution is 2.42. The van der Waals surface area contributed by atoms with Crippen LogP contribution in [0.3, 0.4) is 0 Å². The van der Waals surface area contributed by atoms with Gasteiger partial charge in [0.15, 0.2) is 22.9 Å². The van der Waals surface area contributed by atoms with Gasteiger partial charge in [-0.05, 0) is 6.07 Å². The second-order valence-electron chi connectivity index (χ2n) is 6.20. The number of nitrogens with one attached hydrogen (secondary N) is 1. The zero-order chi connectivity index (χ0) is 20.1. The van der Waals surface area contributed by atoms with Crippen LogP contribution in [0, 0.1) is 12.3 Å². The molecule has 0 aliphatic carbocycles. The Morgan fingerprint density at radius 2 is 1.86 bits per heavy atom. The van der Waals surface area contributed by atoms with E-state index in [0.717, 1.165) is 0 Å². The third-order valence-electron chi connectivity index (χ3n) is 4.49. The Balaban J connectivity index is 1.76. The first-order valence-electron chi connectivity index (χ1n) is 8.69. The number of nitrogens with zero attached hydrogens (tertiary/aromatic N) is 4. The summed E-state index contributed by atoms with van der Waals surface area (Å²) in [4.78, 5) is 12.5. The normalized spacial score (nSPS) is 13.6. The summed E-state index contributed by atoms with van der Waals surface area (Å²) < 4.78 is 16.1. The fourth-order valence-electron chi connectivity index (χ4n) is 2.91. The second-order valence-corrected chi connectivity index (χ2v) is 6.20. The van der Waals surface area contributed by atoms with Gasteiger partial charge in [-0.15, -0.1) is 22.5 Å². The van der Waals surface area contributed by atoms with Gasteiger partial charge in [-0.2, -0.15) is 10.2 Å². The van der Waals surface area contributed by atoms with E-state index in [1.54, 1.807) is 12.1 Å². The second kappa shape index (κ2) is 8.08. The lowest BCUT2D eigenvalue weighted by Gasteiger charge is -2.14. The number of amides is 1. The van der Waals surface area contributed by atoms with Gasteiger partial charge >= 0.3 is 0 Å². The first-order valence-corrected chi connectivity index (χ1v) is 8.69. The molecular formula is C19H21N5O4. The number of rotatable bonds is 9. The predicted octanol–water partition coefficient (Wildman–Crippen LogP) is 2.35. The number of aromatic nitrogens is 2. The first-order chi connectivity index (χ1) is 13.6. The molecule has 1 aromatic carbocycles. The summed E-state index contributed by atoms with van der Waals surface area (Å²) in [7, 11) is 4.54. The Morgan fingerprint density at radius 3 is 2.46 bits per heavy atom. The number of carbonyl (C=O) groups is 1. The molecule has 1 amide bonds. The molecule has 0 saturated carbocycles. The van der Waals surface area contributed by atoms with Gasteiger partial charge in [-0.3, -0.25) is 4.79 Å². The molecule has 1 aliphatic rings. The number of benzene rings is 1. The Morgan fingerprint density at radius 1 is 1.11 bits per heavy atom.